The summed E-state index contributed by atoms with van der Waals surface area (Å²) < 4.78 is 9.13. The Morgan fingerprint density at radius 3 is 2.40 bits per heavy atom. The van der Waals surface area contributed by atoms with Crippen molar-refractivity contribution in [1.29, 1.82) is 0 Å². The minimum atomic E-state index is -1.02. The van der Waals surface area contributed by atoms with Crippen molar-refractivity contribution in [1.82, 2.24) is 0 Å². The largest absolute Gasteiger partial charge is 0.468 e. The zero-order valence-corrected chi connectivity index (χ0v) is 6.51. The zero-order valence-electron chi connectivity index (χ0n) is 6.51. The highest BCUT2D eigenvalue weighted by Gasteiger charge is 2.28. The molecule has 4 nitrogen and oxygen atoms in total. The summed E-state index contributed by atoms with van der Waals surface area (Å²) >= 11 is 0. The minimum absolute atomic E-state index is 0.166. The SMILES string of the molecule is COCC(C)(N)C(=O)OC. The number of carbonyl (C=O) groups is 1. The molecule has 0 spiro atoms. The molecule has 2 N–H and O–H groups in total. The number of esters is 1. The molecule has 1 unspecified atom stereocenters. The molecule has 0 aromatic rings. The summed E-state index contributed by atoms with van der Waals surface area (Å²) in [5.74, 6) is -0.464. The molecule has 0 amide bonds. The number of hydrogen-bond donors (Lipinski definition) is 1. The van der Waals surface area contributed by atoms with E-state index in [1.54, 1.807) is 6.92 Å². The van der Waals surface area contributed by atoms with Crippen LogP contribution >= 0.6 is 0 Å². The van der Waals surface area contributed by atoms with Gasteiger partial charge in [0.2, 0.25) is 0 Å². The third-order valence-corrected chi connectivity index (χ3v) is 1.10. The van der Waals surface area contributed by atoms with Crippen molar-refractivity contribution in [2.24, 2.45) is 5.73 Å². The van der Waals surface area contributed by atoms with Gasteiger partial charge in [-0.3, -0.25) is 0 Å². The Kier molecular flexibility index (Phi) is 3.32. The van der Waals surface area contributed by atoms with Crippen LogP contribution in [0.25, 0.3) is 0 Å². The smallest absolute Gasteiger partial charge is 0.327 e. The molecule has 0 bridgehead atoms. The van der Waals surface area contributed by atoms with Crippen LogP contribution in [-0.4, -0.2) is 32.3 Å². The molecule has 0 aromatic carbocycles. The molecule has 0 aromatic heterocycles. The van der Waals surface area contributed by atoms with Crippen LogP contribution in [0.15, 0.2) is 0 Å². The van der Waals surface area contributed by atoms with Gasteiger partial charge in [0.05, 0.1) is 13.7 Å². The molecule has 10 heavy (non-hydrogen) atoms. The predicted molar refractivity (Wildman–Crippen MR) is 36.5 cm³/mol. The van der Waals surface area contributed by atoms with Gasteiger partial charge in [0.25, 0.3) is 0 Å². The molecule has 0 heterocycles. The first-order chi connectivity index (χ1) is 4.54. The second-order valence-corrected chi connectivity index (χ2v) is 2.34. The second kappa shape index (κ2) is 3.53. The van der Waals surface area contributed by atoms with Gasteiger partial charge in [-0.15, -0.1) is 0 Å². The summed E-state index contributed by atoms with van der Waals surface area (Å²) in [5.41, 5.74) is 4.46. The predicted octanol–water partition coefficient (Wildman–Crippen LogP) is -0.477. The highest BCUT2D eigenvalue weighted by atomic mass is 16.5. The molecule has 4 heteroatoms. The van der Waals surface area contributed by atoms with E-state index in [4.69, 9.17) is 10.5 Å². The molecule has 0 aliphatic heterocycles. The van der Waals surface area contributed by atoms with Gasteiger partial charge < -0.3 is 15.2 Å². The quantitative estimate of drug-likeness (QED) is 0.548. The Bertz CT molecular complexity index is 122. The normalized spacial score (nSPS) is 16.0. The lowest BCUT2D eigenvalue weighted by molar-refractivity contribution is -0.148. The van der Waals surface area contributed by atoms with Crippen LogP contribution in [0, 0.1) is 0 Å². The molecule has 0 saturated carbocycles. The number of hydrogen-bond acceptors (Lipinski definition) is 4. The van der Waals surface area contributed by atoms with Crippen molar-refractivity contribution >= 4 is 5.97 Å². The molecule has 0 aliphatic rings. The van der Waals surface area contributed by atoms with Gasteiger partial charge in [-0.2, -0.15) is 0 Å². The van der Waals surface area contributed by atoms with E-state index in [-0.39, 0.29) is 6.61 Å². The second-order valence-electron chi connectivity index (χ2n) is 2.34. The minimum Gasteiger partial charge on any atom is -0.468 e. The molecule has 0 saturated heterocycles. The Morgan fingerprint density at radius 1 is 1.60 bits per heavy atom. The Hall–Kier alpha value is -0.610. The molecular formula is C6H13NO3. The van der Waals surface area contributed by atoms with E-state index in [0.717, 1.165) is 0 Å². The first-order valence-electron chi connectivity index (χ1n) is 2.91. The van der Waals surface area contributed by atoms with Crippen molar-refractivity contribution in [2.75, 3.05) is 20.8 Å². The van der Waals surface area contributed by atoms with E-state index >= 15 is 0 Å². The van der Waals surface area contributed by atoms with E-state index in [0.29, 0.717) is 0 Å². The Balaban J connectivity index is 3.96. The van der Waals surface area contributed by atoms with Gasteiger partial charge in [0.1, 0.15) is 5.54 Å². The summed E-state index contributed by atoms with van der Waals surface area (Å²) in [6, 6.07) is 0. The molecule has 0 fully saturated rings. The van der Waals surface area contributed by atoms with Gasteiger partial charge in [-0.25, -0.2) is 4.79 Å². The molecule has 0 aliphatic carbocycles. The van der Waals surface area contributed by atoms with Crippen molar-refractivity contribution < 1.29 is 14.3 Å². The van der Waals surface area contributed by atoms with Gasteiger partial charge in [-0.1, -0.05) is 0 Å². The molecule has 0 rings (SSSR count). The van der Waals surface area contributed by atoms with Gasteiger partial charge in [0, 0.05) is 7.11 Å². The van der Waals surface area contributed by atoms with Gasteiger partial charge in [-0.05, 0) is 6.92 Å². The van der Waals surface area contributed by atoms with Crippen LogP contribution < -0.4 is 5.73 Å². The lowest BCUT2D eigenvalue weighted by Crippen LogP contribution is -2.49. The fraction of sp³-hybridized carbons (Fsp3) is 0.833. The number of rotatable bonds is 3. The highest BCUT2D eigenvalue weighted by Crippen LogP contribution is 2.00. The number of methoxy groups -OCH3 is 2. The Morgan fingerprint density at radius 2 is 2.10 bits per heavy atom. The third kappa shape index (κ3) is 2.33. The number of nitrogens with two attached hydrogens (primary N) is 1. The number of carbonyl (C=O) groups excluding carboxylic acids is 1. The standard InChI is InChI=1S/C6H13NO3/c1-6(7,4-9-2)5(8)10-3/h4,7H2,1-3H3. The van der Waals surface area contributed by atoms with E-state index in [1.165, 1.54) is 14.2 Å². The topological polar surface area (TPSA) is 61.5 Å². The van der Waals surface area contributed by atoms with Crippen molar-refractivity contribution in [3.8, 4) is 0 Å². The average molecular weight is 147 g/mol. The van der Waals surface area contributed by atoms with Crippen molar-refractivity contribution in [3.05, 3.63) is 0 Å². The van der Waals surface area contributed by atoms with E-state index in [9.17, 15) is 4.79 Å². The van der Waals surface area contributed by atoms with Crippen LogP contribution in [0.4, 0.5) is 0 Å². The molecule has 60 valence electrons. The third-order valence-electron chi connectivity index (χ3n) is 1.10. The van der Waals surface area contributed by atoms with Crippen LogP contribution in [0.3, 0.4) is 0 Å². The molecular weight excluding hydrogens is 134 g/mol. The first kappa shape index (κ1) is 9.39. The average Bonchev–Trinajstić information content (AvgIpc) is 1.86. The lowest BCUT2D eigenvalue weighted by Gasteiger charge is -2.19. The Labute approximate surface area is 60.3 Å². The van der Waals surface area contributed by atoms with Gasteiger partial charge >= 0.3 is 5.97 Å². The number of ether oxygens (including phenoxy) is 2. The highest BCUT2D eigenvalue weighted by molar-refractivity contribution is 5.80. The van der Waals surface area contributed by atoms with Crippen LogP contribution in [0.1, 0.15) is 6.92 Å². The van der Waals surface area contributed by atoms with E-state index in [1.807, 2.05) is 0 Å². The maximum absolute atomic E-state index is 10.8. The molecule has 1 atom stereocenters. The van der Waals surface area contributed by atoms with Crippen molar-refractivity contribution in [3.63, 3.8) is 0 Å². The van der Waals surface area contributed by atoms with E-state index < -0.39 is 11.5 Å². The zero-order chi connectivity index (χ0) is 8.20. The summed E-state index contributed by atoms with van der Waals surface area (Å²) in [6.45, 7) is 1.72. The van der Waals surface area contributed by atoms with Gasteiger partial charge in [0.15, 0.2) is 0 Å². The summed E-state index contributed by atoms with van der Waals surface area (Å²) in [7, 11) is 2.77. The molecule has 0 radical (unpaired) electrons. The van der Waals surface area contributed by atoms with E-state index in [2.05, 4.69) is 4.74 Å². The van der Waals surface area contributed by atoms with Crippen LogP contribution in [0.2, 0.25) is 0 Å². The fourth-order valence-electron chi connectivity index (χ4n) is 0.592. The first-order valence-corrected chi connectivity index (χ1v) is 2.91. The van der Waals surface area contributed by atoms with Crippen molar-refractivity contribution in [2.45, 2.75) is 12.5 Å². The maximum Gasteiger partial charge on any atom is 0.327 e. The summed E-state index contributed by atoms with van der Waals surface area (Å²) in [4.78, 5) is 10.8. The lowest BCUT2D eigenvalue weighted by atomic mass is 10.1. The van der Waals surface area contributed by atoms with Crippen LogP contribution in [0.5, 0.6) is 0 Å². The fourth-order valence-corrected chi connectivity index (χ4v) is 0.592. The monoisotopic (exact) mass is 147 g/mol. The summed E-state index contributed by atoms with van der Waals surface area (Å²) in [6.07, 6.45) is 0. The maximum atomic E-state index is 10.8. The summed E-state index contributed by atoms with van der Waals surface area (Å²) in [5, 5.41) is 0. The van der Waals surface area contributed by atoms with Crippen LogP contribution in [-0.2, 0) is 14.3 Å².